The van der Waals surface area contributed by atoms with Crippen LogP contribution in [0.15, 0.2) is 0 Å². The molecule has 0 aromatic carbocycles. The van der Waals surface area contributed by atoms with Crippen molar-refractivity contribution in [2.45, 2.75) is 19.8 Å². The normalized spacial score (nSPS) is 26.2. The molecule has 0 aromatic rings. The minimum Gasteiger partial charge on any atom is -0.359 e. The van der Waals surface area contributed by atoms with Crippen molar-refractivity contribution < 1.29 is 4.79 Å². The third kappa shape index (κ3) is 2.99. The van der Waals surface area contributed by atoms with Crippen LogP contribution in [0.1, 0.15) is 19.8 Å². The maximum atomic E-state index is 11.2. The Bertz CT molecular complexity index is 182. The van der Waals surface area contributed by atoms with Crippen LogP contribution in [0.5, 0.6) is 0 Å². The molecule has 3 heteroatoms. The lowest BCUT2D eigenvalue weighted by Gasteiger charge is -2.14. The Kier molecular flexibility index (Phi) is 3.72. The average molecular weight is 184 g/mol. The molecule has 0 spiro atoms. The van der Waals surface area contributed by atoms with E-state index in [4.69, 9.17) is 0 Å². The lowest BCUT2D eigenvalue weighted by atomic mass is 10.3. The summed E-state index contributed by atoms with van der Waals surface area (Å²) in [6.45, 7) is 4.39. The molecule has 0 bridgehead atoms. The van der Waals surface area contributed by atoms with Gasteiger partial charge in [0, 0.05) is 19.5 Å². The smallest absolute Gasteiger partial charge is 0.223 e. The minimum absolute atomic E-state index is 0.217. The molecule has 3 nitrogen and oxygen atoms in total. The number of amides is 1. The van der Waals surface area contributed by atoms with Crippen molar-refractivity contribution in [3.05, 3.63) is 0 Å². The highest BCUT2D eigenvalue weighted by molar-refractivity contribution is 5.81. The van der Waals surface area contributed by atoms with Gasteiger partial charge in [-0.15, -0.1) is 0 Å². The second-order valence-electron chi connectivity index (χ2n) is 3.98. The Labute approximate surface area is 80.5 Å². The van der Waals surface area contributed by atoms with Crippen LogP contribution in [0.2, 0.25) is 0 Å². The van der Waals surface area contributed by atoms with E-state index in [0.717, 1.165) is 19.5 Å². The van der Waals surface area contributed by atoms with Crippen molar-refractivity contribution in [1.29, 1.82) is 0 Å². The lowest BCUT2D eigenvalue weighted by Crippen LogP contribution is -2.25. The SMILES string of the molecule is CCCN(C)CC1CC1C(=O)NC. The van der Waals surface area contributed by atoms with Gasteiger partial charge in [0.2, 0.25) is 5.91 Å². The fourth-order valence-corrected chi connectivity index (χ4v) is 1.83. The highest BCUT2D eigenvalue weighted by Gasteiger charge is 2.42. The molecule has 1 rings (SSSR count). The Balaban J connectivity index is 2.16. The molecule has 0 radical (unpaired) electrons. The maximum Gasteiger partial charge on any atom is 0.223 e. The van der Waals surface area contributed by atoms with E-state index in [2.05, 4.69) is 24.2 Å². The molecule has 0 saturated heterocycles. The molecule has 0 aliphatic heterocycles. The van der Waals surface area contributed by atoms with E-state index in [0.29, 0.717) is 11.8 Å². The van der Waals surface area contributed by atoms with Crippen LogP contribution >= 0.6 is 0 Å². The standard InChI is InChI=1S/C10H20N2O/c1-4-5-12(3)7-8-6-9(8)10(13)11-2/h8-9H,4-7H2,1-3H3,(H,11,13). The Morgan fingerprint density at radius 1 is 1.62 bits per heavy atom. The van der Waals surface area contributed by atoms with Gasteiger partial charge in [0.1, 0.15) is 0 Å². The first-order valence-electron chi connectivity index (χ1n) is 5.09. The molecule has 1 aliphatic carbocycles. The molecule has 0 heterocycles. The molecule has 2 unspecified atom stereocenters. The fourth-order valence-electron chi connectivity index (χ4n) is 1.83. The van der Waals surface area contributed by atoms with Gasteiger partial charge < -0.3 is 10.2 Å². The van der Waals surface area contributed by atoms with E-state index in [1.54, 1.807) is 7.05 Å². The summed E-state index contributed by atoms with van der Waals surface area (Å²) in [5, 5.41) is 2.70. The van der Waals surface area contributed by atoms with Crippen LogP contribution in [0.3, 0.4) is 0 Å². The van der Waals surface area contributed by atoms with E-state index >= 15 is 0 Å². The molecule has 1 aliphatic rings. The molecule has 1 fully saturated rings. The summed E-state index contributed by atoms with van der Waals surface area (Å²) in [4.78, 5) is 13.5. The van der Waals surface area contributed by atoms with Crippen LogP contribution in [-0.4, -0.2) is 38.0 Å². The zero-order chi connectivity index (χ0) is 9.84. The van der Waals surface area contributed by atoms with Gasteiger partial charge in [-0.05, 0) is 32.4 Å². The number of nitrogens with one attached hydrogen (secondary N) is 1. The second kappa shape index (κ2) is 4.61. The van der Waals surface area contributed by atoms with Crippen molar-refractivity contribution in [2.24, 2.45) is 11.8 Å². The van der Waals surface area contributed by atoms with Gasteiger partial charge in [-0.25, -0.2) is 0 Å². The molecule has 2 atom stereocenters. The molecule has 1 amide bonds. The molecule has 13 heavy (non-hydrogen) atoms. The Morgan fingerprint density at radius 3 is 2.85 bits per heavy atom. The van der Waals surface area contributed by atoms with Gasteiger partial charge in [-0.3, -0.25) is 4.79 Å². The van der Waals surface area contributed by atoms with E-state index in [1.807, 2.05) is 0 Å². The molecular weight excluding hydrogens is 164 g/mol. The summed E-state index contributed by atoms with van der Waals surface area (Å²) in [6.07, 6.45) is 2.27. The summed E-state index contributed by atoms with van der Waals surface area (Å²) in [6, 6.07) is 0. The second-order valence-corrected chi connectivity index (χ2v) is 3.98. The van der Waals surface area contributed by atoms with Gasteiger partial charge in [-0.2, -0.15) is 0 Å². The first-order chi connectivity index (χ1) is 6.19. The molecular formula is C10H20N2O. The quantitative estimate of drug-likeness (QED) is 0.682. The third-order valence-electron chi connectivity index (χ3n) is 2.66. The average Bonchev–Trinajstić information content (AvgIpc) is 2.83. The van der Waals surface area contributed by atoms with Crippen molar-refractivity contribution >= 4 is 5.91 Å². The van der Waals surface area contributed by atoms with Crippen LogP contribution in [0.4, 0.5) is 0 Å². The molecule has 76 valence electrons. The van der Waals surface area contributed by atoms with Crippen molar-refractivity contribution in [3.63, 3.8) is 0 Å². The van der Waals surface area contributed by atoms with Gasteiger partial charge >= 0.3 is 0 Å². The maximum absolute atomic E-state index is 11.2. The van der Waals surface area contributed by atoms with Crippen LogP contribution in [0.25, 0.3) is 0 Å². The first-order valence-corrected chi connectivity index (χ1v) is 5.09. The van der Waals surface area contributed by atoms with E-state index in [1.165, 1.54) is 6.42 Å². The molecule has 0 aromatic heterocycles. The fraction of sp³-hybridized carbons (Fsp3) is 0.900. The van der Waals surface area contributed by atoms with Crippen molar-refractivity contribution in [3.8, 4) is 0 Å². The van der Waals surface area contributed by atoms with Gasteiger partial charge in [-0.1, -0.05) is 6.92 Å². The monoisotopic (exact) mass is 184 g/mol. The van der Waals surface area contributed by atoms with Crippen LogP contribution < -0.4 is 5.32 Å². The van der Waals surface area contributed by atoms with E-state index in [9.17, 15) is 4.79 Å². The minimum atomic E-state index is 0.217. The first kappa shape index (κ1) is 10.5. The van der Waals surface area contributed by atoms with Gasteiger partial charge in [0.15, 0.2) is 0 Å². The summed E-state index contributed by atoms with van der Waals surface area (Å²) >= 11 is 0. The summed E-state index contributed by atoms with van der Waals surface area (Å²) in [5.74, 6) is 1.12. The third-order valence-corrected chi connectivity index (χ3v) is 2.66. The Morgan fingerprint density at radius 2 is 2.31 bits per heavy atom. The lowest BCUT2D eigenvalue weighted by molar-refractivity contribution is -0.122. The molecule has 1 N–H and O–H groups in total. The highest BCUT2D eigenvalue weighted by Crippen LogP contribution is 2.38. The van der Waals surface area contributed by atoms with Gasteiger partial charge in [0.05, 0.1) is 0 Å². The van der Waals surface area contributed by atoms with Crippen LogP contribution in [-0.2, 0) is 4.79 Å². The summed E-state index contributed by atoms with van der Waals surface area (Å²) < 4.78 is 0. The summed E-state index contributed by atoms with van der Waals surface area (Å²) in [5.41, 5.74) is 0. The zero-order valence-electron chi connectivity index (χ0n) is 8.84. The number of nitrogens with zero attached hydrogens (tertiary/aromatic N) is 1. The number of carbonyl (C=O) groups is 1. The predicted octanol–water partition coefficient (Wildman–Crippen LogP) is 0.710. The van der Waals surface area contributed by atoms with Crippen molar-refractivity contribution in [2.75, 3.05) is 27.2 Å². The van der Waals surface area contributed by atoms with Crippen LogP contribution in [0, 0.1) is 11.8 Å². The number of rotatable bonds is 5. The van der Waals surface area contributed by atoms with E-state index in [-0.39, 0.29) is 5.91 Å². The largest absolute Gasteiger partial charge is 0.359 e. The summed E-state index contributed by atoms with van der Waals surface area (Å²) in [7, 11) is 3.84. The van der Waals surface area contributed by atoms with E-state index < -0.39 is 0 Å². The number of hydrogen-bond acceptors (Lipinski definition) is 2. The predicted molar refractivity (Wildman–Crippen MR) is 53.5 cm³/mol. The van der Waals surface area contributed by atoms with Gasteiger partial charge in [0.25, 0.3) is 0 Å². The number of carbonyl (C=O) groups excluding carboxylic acids is 1. The topological polar surface area (TPSA) is 32.3 Å². The zero-order valence-corrected chi connectivity index (χ0v) is 8.84. The highest BCUT2D eigenvalue weighted by atomic mass is 16.1. The molecule has 1 saturated carbocycles. The Hall–Kier alpha value is -0.570. The number of hydrogen-bond donors (Lipinski definition) is 1. The van der Waals surface area contributed by atoms with Crippen molar-refractivity contribution in [1.82, 2.24) is 10.2 Å².